The van der Waals surface area contributed by atoms with Gasteiger partial charge in [-0.2, -0.15) is 0 Å². The van der Waals surface area contributed by atoms with Crippen LogP contribution in [0.3, 0.4) is 0 Å². The molecule has 1 aromatic carbocycles. The lowest BCUT2D eigenvalue weighted by Gasteiger charge is -2.33. The quantitative estimate of drug-likeness (QED) is 0.807. The van der Waals surface area contributed by atoms with Crippen molar-refractivity contribution in [1.29, 1.82) is 0 Å². The van der Waals surface area contributed by atoms with Crippen molar-refractivity contribution in [2.24, 2.45) is 0 Å². The van der Waals surface area contributed by atoms with Crippen molar-refractivity contribution in [1.82, 2.24) is 9.88 Å². The fourth-order valence-corrected chi connectivity index (χ4v) is 4.63. The largest absolute Gasteiger partial charge is 0.465 e. The number of amides is 2. The second-order valence-corrected chi connectivity index (χ2v) is 7.45. The van der Waals surface area contributed by atoms with Crippen LogP contribution in [0.25, 0.3) is 0 Å². The highest BCUT2D eigenvalue weighted by Crippen LogP contribution is 2.49. The molecule has 2 aromatic rings. The van der Waals surface area contributed by atoms with Gasteiger partial charge >= 0.3 is 5.97 Å². The van der Waals surface area contributed by atoms with Crippen molar-refractivity contribution >= 4 is 23.5 Å². The number of hydrogen-bond acceptors (Lipinski definition) is 5. The Hall–Kier alpha value is -3.22. The zero-order valence-corrected chi connectivity index (χ0v) is 16.5. The first-order valence-corrected chi connectivity index (χ1v) is 9.79. The molecule has 4 rings (SSSR count). The number of carbonyl (C=O) groups is 3. The van der Waals surface area contributed by atoms with Crippen LogP contribution < -0.4 is 5.32 Å². The molecule has 1 saturated heterocycles. The van der Waals surface area contributed by atoms with E-state index in [0.717, 1.165) is 17.7 Å². The highest BCUT2D eigenvalue weighted by Gasteiger charge is 2.58. The van der Waals surface area contributed by atoms with Crippen molar-refractivity contribution in [3.8, 4) is 0 Å². The maximum Gasteiger partial charge on any atom is 0.339 e. The molecule has 2 amide bonds. The average molecular weight is 393 g/mol. The Morgan fingerprint density at radius 3 is 2.76 bits per heavy atom. The highest BCUT2D eigenvalue weighted by atomic mass is 16.5. The molecule has 7 heteroatoms. The lowest BCUT2D eigenvalue weighted by atomic mass is 9.73. The van der Waals surface area contributed by atoms with Crippen molar-refractivity contribution in [3.63, 3.8) is 0 Å². The van der Waals surface area contributed by atoms with Crippen LogP contribution in [-0.4, -0.2) is 47.4 Å². The topological polar surface area (TPSA) is 88.6 Å². The van der Waals surface area contributed by atoms with Crippen LogP contribution in [0.5, 0.6) is 0 Å². The van der Waals surface area contributed by atoms with Gasteiger partial charge in [-0.25, -0.2) is 4.79 Å². The van der Waals surface area contributed by atoms with Crippen LogP contribution in [0, 0.1) is 0 Å². The minimum absolute atomic E-state index is 0.0403. The second-order valence-electron chi connectivity index (χ2n) is 7.45. The van der Waals surface area contributed by atoms with Gasteiger partial charge in [0.2, 0.25) is 5.91 Å². The van der Waals surface area contributed by atoms with E-state index in [9.17, 15) is 14.4 Å². The van der Waals surface area contributed by atoms with Gasteiger partial charge in [-0.15, -0.1) is 0 Å². The van der Waals surface area contributed by atoms with Gasteiger partial charge in [0.1, 0.15) is 5.69 Å². The van der Waals surface area contributed by atoms with Gasteiger partial charge in [0, 0.05) is 18.4 Å². The van der Waals surface area contributed by atoms with E-state index in [4.69, 9.17) is 0 Å². The first kappa shape index (κ1) is 19.1. The minimum Gasteiger partial charge on any atom is -0.465 e. The normalized spacial score (nSPS) is 22.5. The van der Waals surface area contributed by atoms with Crippen LogP contribution in [-0.2, 0) is 14.9 Å². The smallest absolute Gasteiger partial charge is 0.339 e. The number of nitrogens with zero attached hydrogens (tertiary/aromatic N) is 2. The third-order valence-electron chi connectivity index (χ3n) is 5.98. The van der Waals surface area contributed by atoms with Crippen LogP contribution in [0.15, 0.2) is 42.6 Å². The van der Waals surface area contributed by atoms with Crippen LogP contribution in [0.1, 0.15) is 52.6 Å². The van der Waals surface area contributed by atoms with Crippen molar-refractivity contribution in [3.05, 3.63) is 59.4 Å². The molecule has 29 heavy (non-hydrogen) atoms. The SMILES string of the molecule is CCC[C@@H]1N(C(=O)c2ccc(C(=O)OC)cn2)CC[C@]12C(=O)Nc1ccccc12. The fourth-order valence-electron chi connectivity index (χ4n) is 4.63. The lowest BCUT2D eigenvalue weighted by Crippen LogP contribution is -2.48. The Morgan fingerprint density at radius 1 is 1.28 bits per heavy atom. The molecule has 7 nitrogen and oxygen atoms in total. The van der Waals surface area contributed by atoms with Gasteiger partial charge in [-0.05, 0) is 36.6 Å². The van der Waals surface area contributed by atoms with Gasteiger partial charge in [-0.1, -0.05) is 31.5 Å². The first-order valence-electron chi connectivity index (χ1n) is 9.79. The van der Waals surface area contributed by atoms with E-state index < -0.39 is 11.4 Å². The molecule has 3 heterocycles. The van der Waals surface area contributed by atoms with Crippen molar-refractivity contribution in [2.75, 3.05) is 19.0 Å². The molecular weight excluding hydrogens is 370 g/mol. The van der Waals surface area contributed by atoms with E-state index in [1.807, 2.05) is 24.3 Å². The molecule has 0 aliphatic carbocycles. The fraction of sp³-hybridized carbons (Fsp3) is 0.364. The van der Waals surface area contributed by atoms with Gasteiger partial charge < -0.3 is 15.0 Å². The summed E-state index contributed by atoms with van der Waals surface area (Å²) >= 11 is 0. The molecule has 0 saturated carbocycles. The van der Waals surface area contributed by atoms with Gasteiger partial charge in [-0.3, -0.25) is 14.6 Å². The van der Waals surface area contributed by atoms with E-state index in [1.165, 1.54) is 25.4 Å². The van der Waals surface area contributed by atoms with E-state index >= 15 is 0 Å². The summed E-state index contributed by atoms with van der Waals surface area (Å²) in [5.41, 5.74) is 1.61. The van der Waals surface area contributed by atoms with Crippen molar-refractivity contribution < 1.29 is 19.1 Å². The Morgan fingerprint density at radius 2 is 2.07 bits per heavy atom. The average Bonchev–Trinajstić information content (AvgIpc) is 3.26. The number of hydrogen-bond donors (Lipinski definition) is 1. The molecular formula is C22H23N3O4. The summed E-state index contributed by atoms with van der Waals surface area (Å²) in [5, 5.41) is 3.00. The van der Waals surface area contributed by atoms with Crippen LogP contribution in [0.2, 0.25) is 0 Å². The number of anilines is 1. The molecule has 2 aliphatic heterocycles. The number of nitrogens with one attached hydrogen (secondary N) is 1. The predicted molar refractivity (Wildman–Crippen MR) is 107 cm³/mol. The summed E-state index contributed by atoms with van der Waals surface area (Å²) in [6.07, 6.45) is 3.48. The summed E-state index contributed by atoms with van der Waals surface area (Å²) in [6, 6.07) is 10.5. The molecule has 150 valence electrons. The number of ether oxygens (including phenoxy) is 1. The molecule has 2 atom stereocenters. The van der Waals surface area contributed by atoms with Crippen LogP contribution >= 0.6 is 0 Å². The standard InChI is InChI=1S/C22H23N3O4/c1-3-6-18-22(15-7-4-5-8-16(15)24-21(22)28)11-12-25(18)19(26)17-10-9-14(13-23-17)20(27)29-2/h4-5,7-10,13,18H,3,6,11-12H2,1-2H3,(H,24,28)/t18-,22+/m0/s1. The number of likely N-dealkylation sites (tertiary alicyclic amines) is 1. The summed E-state index contributed by atoms with van der Waals surface area (Å²) in [6.45, 7) is 2.53. The summed E-state index contributed by atoms with van der Waals surface area (Å²) in [4.78, 5) is 43.9. The molecule has 1 spiro atoms. The third kappa shape index (κ3) is 2.88. The third-order valence-corrected chi connectivity index (χ3v) is 5.98. The van der Waals surface area contributed by atoms with Gasteiger partial charge in [0.05, 0.1) is 24.1 Å². The first-order chi connectivity index (χ1) is 14.0. The number of fused-ring (bicyclic) bond motifs is 2. The Bertz CT molecular complexity index is 972. The zero-order chi connectivity index (χ0) is 20.6. The molecule has 1 fully saturated rings. The van der Waals surface area contributed by atoms with Gasteiger partial charge in [0.25, 0.3) is 5.91 Å². The van der Waals surface area contributed by atoms with E-state index in [2.05, 4.69) is 22.0 Å². The maximum atomic E-state index is 13.3. The van der Waals surface area contributed by atoms with E-state index in [0.29, 0.717) is 19.4 Å². The molecule has 2 aliphatic rings. The number of para-hydroxylation sites is 1. The number of esters is 1. The maximum absolute atomic E-state index is 13.3. The number of benzene rings is 1. The lowest BCUT2D eigenvalue weighted by molar-refractivity contribution is -0.121. The number of carbonyl (C=O) groups excluding carboxylic acids is 3. The minimum atomic E-state index is -0.728. The Labute approximate surface area is 169 Å². The number of pyridine rings is 1. The zero-order valence-electron chi connectivity index (χ0n) is 16.5. The summed E-state index contributed by atoms with van der Waals surface area (Å²) < 4.78 is 4.68. The monoisotopic (exact) mass is 393 g/mol. The summed E-state index contributed by atoms with van der Waals surface area (Å²) in [7, 11) is 1.30. The van der Waals surface area contributed by atoms with E-state index in [-0.39, 0.29) is 29.1 Å². The van der Waals surface area contributed by atoms with Crippen LogP contribution in [0.4, 0.5) is 5.69 Å². The molecule has 1 N–H and O–H groups in total. The highest BCUT2D eigenvalue weighted by molar-refractivity contribution is 6.08. The number of aromatic nitrogens is 1. The second kappa shape index (κ2) is 7.31. The Kier molecular flexibility index (Phi) is 4.82. The molecule has 0 unspecified atom stereocenters. The number of rotatable bonds is 4. The van der Waals surface area contributed by atoms with E-state index in [1.54, 1.807) is 4.90 Å². The van der Waals surface area contributed by atoms with Crippen molar-refractivity contribution in [2.45, 2.75) is 37.6 Å². The molecule has 1 aromatic heterocycles. The Balaban J connectivity index is 1.68. The predicted octanol–water partition coefficient (Wildman–Crippen LogP) is 2.77. The summed E-state index contributed by atoms with van der Waals surface area (Å²) in [5.74, 6) is -0.768. The molecule has 0 radical (unpaired) electrons. The molecule has 0 bridgehead atoms. The van der Waals surface area contributed by atoms with Gasteiger partial charge in [0.15, 0.2) is 0 Å². The number of methoxy groups -OCH3 is 1.